The van der Waals surface area contributed by atoms with E-state index in [1.54, 1.807) is 0 Å². The summed E-state index contributed by atoms with van der Waals surface area (Å²) in [4.78, 5) is 0. The van der Waals surface area contributed by atoms with Crippen LogP contribution in [0.1, 0.15) is 38.4 Å². The number of aliphatic hydroxyl groups excluding tert-OH is 1. The van der Waals surface area contributed by atoms with Gasteiger partial charge in [-0.05, 0) is 36.1 Å². The number of rotatable bonds is 4. The number of fused-ring (bicyclic) bond motifs is 3. The normalized spacial score (nSPS) is 14.8. The number of hydrogen-bond donors (Lipinski definition) is 1. The number of furan rings is 1. The van der Waals surface area contributed by atoms with Crippen molar-refractivity contribution in [2.24, 2.45) is 5.92 Å². The van der Waals surface area contributed by atoms with Gasteiger partial charge in [0.25, 0.3) is 0 Å². The van der Waals surface area contributed by atoms with Gasteiger partial charge in [0.05, 0.1) is 6.10 Å². The zero-order chi connectivity index (χ0) is 14.1. The Morgan fingerprint density at radius 1 is 1.05 bits per heavy atom. The van der Waals surface area contributed by atoms with Gasteiger partial charge in [0.2, 0.25) is 0 Å². The molecular weight excluding hydrogens is 248 g/mol. The second-order valence-electron chi connectivity index (χ2n) is 5.56. The van der Waals surface area contributed by atoms with Gasteiger partial charge in [-0.25, -0.2) is 0 Å². The van der Waals surface area contributed by atoms with Crippen LogP contribution in [0.5, 0.6) is 0 Å². The molecule has 0 spiro atoms. The first kappa shape index (κ1) is 13.2. The minimum absolute atomic E-state index is 0.274. The van der Waals surface area contributed by atoms with Crippen LogP contribution < -0.4 is 0 Å². The molecule has 0 fully saturated rings. The average molecular weight is 268 g/mol. The molecular formula is C18H20O2. The molecule has 0 radical (unpaired) electrons. The molecule has 0 saturated carbocycles. The van der Waals surface area contributed by atoms with Crippen LogP contribution in [0.2, 0.25) is 0 Å². The Labute approximate surface area is 119 Å². The lowest BCUT2D eigenvalue weighted by molar-refractivity contribution is 0.112. The summed E-state index contributed by atoms with van der Waals surface area (Å²) in [5, 5.41) is 12.7. The lowest BCUT2D eigenvalue weighted by Gasteiger charge is -2.18. The molecule has 0 aliphatic carbocycles. The molecule has 2 unspecified atom stereocenters. The van der Waals surface area contributed by atoms with Crippen LogP contribution in [0.15, 0.2) is 46.9 Å². The van der Waals surface area contributed by atoms with Gasteiger partial charge in [-0.1, -0.05) is 44.5 Å². The van der Waals surface area contributed by atoms with Gasteiger partial charge < -0.3 is 9.52 Å². The van der Waals surface area contributed by atoms with E-state index in [-0.39, 0.29) is 5.92 Å². The van der Waals surface area contributed by atoms with E-state index in [2.05, 4.69) is 26.0 Å². The Morgan fingerprint density at radius 3 is 2.60 bits per heavy atom. The van der Waals surface area contributed by atoms with E-state index in [9.17, 15) is 5.11 Å². The average Bonchev–Trinajstić information content (AvgIpc) is 2.84. The first-order valence-electron chi connectivity index (χ1n) is 7.30. The van der Waals surface area contributed by atoms with E-state index < -0.39 is 6.10 Å². The van der Waals surface area contributed by atoms with Crippen molar-refractivity contribution in [2.45, 2.75) is 32.8 Å². The molecule has 1 N–H and O–H groups in total. The number of hydrogen-bond acceptors (Lipinski definition) is 2. The standard InChI is InChI=1S/C18H20O2/c1-3-6-12(2)18(19)13-9-10-17-15(11-13)14-7-4-5-8-16(14)20-17/h4-5,7-12,18-19H,3,6H2,1-2H3. The largest absolute Gasteiger partial charge is 0.456 e. The third kappa shape index (κ3) is 2.20. The molecule has 0 aliphatic rings. The van der Waals surface area contributed by atoms with Crippen LogP contribution in [-0.2, 0) is 0 Å². The van der Waals surface area contributed by atoms with Crippen molar-refractivity contribution in [2.75, 3.05) is 0 Å². The first-order chi connectivity index (χ1) is 9.70. The third-order valence-corrected chi connectivity index (χ3v) is 4.03. The second kappa shape index (κ2) is 5.29. The molecule has 2 atom stereocenters. The minimum Gasteiger partial charge on any atom is -0.456 e. The fourth-order valence-corrected chi connectivity index (χ4v) is 2.87. The van der Waals surface area contributed by atoms with E-state index in [1.807, 2.05) is 30.3 Å². The maximum absolute atomic E-state index is 10.5. The molecule has 2 heteroatoms. The highest BCUT2D eigenvalue weighted by Gasteiger charge is 2.17. The van der Waals surface area contributed by atoms with Crippen molar-refractivity contribution >= 4 is 21.9 Å². The van der Waals surface area contributed by atoms with Gasteiger partial charge >= 0.3 is 0 Å². The zero-order valence-electron chi connectivity index (χ0n) is 12.0. The molecule has 2 nitrogen and oxygen atoms in total. The molecule has 20 heavy (non-hydrogen) atoms. The van der Waals surface area contributed by atoms with Crippen molar-refractivity contribution < 1.29 is 9.52 Å². The monoisotopic (exact) mass is 268 g/mol. The maximum Gasteiger partial charge on any atom is 0.135 e. The highest BCUT2D eigenvalue weighted by molar-refractivity contribution is 6.04. The van der Waals surface area contributed by atoms with Gasteiger partial charge in [0, 0.05) is 10.8 Å². The Balaban J connectivity index is 2.07. The number of benzene rings is 2. The number of aliphatic hydroxyl groups is 1. The lowest BCUT2D eigenvalue weighted by atomic mass is 9.93. The van der Waals surface area contributed by atoms with Gasteiger partial charge in [-0.3, -0.25) is 0 Å². The topological polar surface area (TPSA) is 33.4 Å². The predicted molar refractivity (Wildman–Crippen MR) is 82.8 cm³/mol. The van der Waals surface area contributed by atoms with Crippen LogP contribution in [0.3, 0.4) is 0 Å². The van der Waals surface area contributed by atoms with Crippen molar-refractivity contribution in [3.05, 3.63) is 48.0 Å². The SMILES string of the molecule is CCCC(C)C(O)c1ccc2oc3ccccc3c2c1. The van der Waals surface area contributed by atoms with Crippen molar-refractivity contribution in [1.29, 1.82) is 0 Å². The Hall–Kier alpha value is -1.80. The molecule has 0 aliphatic heterocycles. The summed E-state index contributed by atoms with van der Waals surface area (Å²) in [6.07, 6.45) is 1.72. The van der Waals surface area contributed by atoms with Crippen molar-refractivity contribution in [3.8, 4) is 0 Å². The van der Waals surface area contributed by atoms with Crippen LogP contribution in [0.25, 0.3) is 21.9 Å². The summed E-state index contributed by atoms with van der Waals surface area (Å²) in [5.41, 5.74) is 2.76. The van der Waals surface area contributed by atoms with Crippen LogP contribution in [0, 0.1) is 5.92 Å². The molecule has 0 bridgehead atoms. The Bertz CT molecular complexity index is 726. The summed E-state index contributed by atoms with van der Waals surface area (Å²) in [6, 6.07) is 14.0. The summed E-state index contributed by atoms with van der Waals surface area (Å²) in [5.74, 6) is 0.274. The third-order valence-electron chi connectivity index (χ3n) is 4.03. The Kier molecular flexibility index (Phi) is 3.49. The summed E-state index contributed by atoms with van der Waals surface area (Å²) in [6.45, 7) is 4.25. The van der Waals surface area contributed by atoms with Gasteiger partial charge in [-0.2, -0.15) is 0 Å². The lowest BCUT2D eigenvalue weighted by Crippen LogP contribution is -2.08. The van der Waals surface area contributed by atoms with E-state index in [0.717, 1.165) is 40.3 Å². The molecule has 3 rings (SSSR count). The maximum atomic E-state index is 10.5. The summed E-state index contributed by atoms with van der Waals surface area (Å²) < 4.78 is 5.81. The minimum atomic E-state index is -0.409. The van der Waals surface area contributed by atoms with E-state index >= 15 is 0 Å². The quantitative estimate of drug-likeness (QED) is 0.717. The molecule has 0 amide bonds. The summed E-state index contributed by atoms with van der Waals surface area (Å²) in [7, 11) is 0. The van der Waals surface area contributed by atoms with E-state index in [4.69, 9.17) is 4.42 Å². The fourth-order valence-electron chi connectivity index (χ4n) is 2.87. The number of para-hydroxylation sites is 1. The predicted octanol–water partition coefficient (Wildman–Crippen LogP) is 5.06. The van der Waals surface area contributed by atoms with E-state index in [1.165, 1.54) is 0 Å². The van der Waals surface area contributed by atoms with Crippen LogP contribution in [0.4, 0.5) is 0 Å². The van der Waals surface area contributed by atoms with Crippen molar-refractivity contribution in [1.82, 2.24) is 0 Å². The van der Waals surface area contributed by atoms with Gasteiger partial charge in [0.15, 0.2) is 0 Å². The second-order valence-corrected chi connectivity index (χ2v) is 5.56. The first-order valence-corrected chi connectivity index (χ1v) is 7.30. The molecule has 2 aromatic carbocycles. The molecule has 1 heterocycles. The van der Waals surface area contributed by atoms with Crippen molar-refractivity contribution in [3.63, 3.8) is 0 Å². The van der Waals surface area contributed by atoms with Gasteiger partial charge in [-0.15, -0.1) is 0 Å². The molecule has 1 aromatic heterocycles. The molecule has 3 aromatic rings. The van der Waals surface area contributed by atoms with Gasteiger partial charge in [0.1, 0.15) is 11.2 Å². The highest BCUT2D eigenvalue weighted by Crippen LogP contribution is 2.33. The van der Waals surface area contributed by atoms with Crippen LogP contribution >= 0.6 is 0 Å². The Morgan fingerprint density at radius 2 is 1.80 bits per heavy atom. The fraction of sp³-hybridized carbons (Fsp3) is 0.333. The van der Waals surface area contributed by atoms with Crippen LogP contribution in [-0.4, -0.2) is 5.11 Å². The summed E-state index contributed by atoms with van der Waals surface area (Å²) >= 11 is 0. The smallest absolute Gasteiger partial charge is 0.135 e. The van der Waals surface area contributed by atoms with E-state index in [0.29, 0.717) is 0 Å². The molecule has 0 saturated heterocycles. The zero-order valence-corrected chi connectivity index (χ0v) is 12.0. The highest BCUT2D eigenvalue weighted by atomic mass is 16.3. The molecule has 104 valence electrons.